The van der Waals surface area contributed by atoms with Crippen LogP contribution >= 0.6 is 0 Å². The molecule has 1 aliphatic heterocycles. The van der Waals surface area contributed by atoms with E-state index in [4.69, 9.17) is 5.73 Å². The van der Waals surface area contributed by atoms with Crippen molar-refractivity contribution in [2.75, 3.05) is 37.2 Å². The molecule has 0 unspecified atom stereocenters. The summed E-state index contributed by atoms with van der Waals surface area (Å²) in [6.45, 7) is 6.79. The number of rotatable bonds is 4. The molecule has 2 heterocycles. The number of likely N-dealkylation sites (tertiary alicyclic amines) is 1. The highest BCUT2D eigenvalue weighted by atomic mass is 15.1. The Hall–Kier alpha value is -1.36. The van der Waals surface area contributed by atoms with Gasteiger partial charge in [0.05, 0.1) is 12.4 Å². The first-order chi connectivity index (χ1) is 8.28. The van der Waals surface area contributed by atoms with Crippen LogP contribution in [0.2, 0.25) is 0 Å². The van der Waals surface area contributed by atoms with Crippen LogP contribution in [0.5, 0.6) is 0 Å². The number of nitrogens with one attached hydrogen (secondary N) is 1. The van der Waals surface area contributed by atoms with Gasteiger partial charge in [0.15, 0.2) is 0 Å². The van der Waals surface area contributed by atoms with E-state index >= 15 is 0 Å². The number of anilines is 2. The Morgan fingerprint density at radius 3 is 2.82 bits per heavy atom. The number of nitrogen functional groups attached to an aromatic ring is 1. The van der Waals surface area contributed by atoms with Crippen LogP contribution in [-0.2, 0) is 0 Å². The second-order valence-electron chi connectivity index (χ2n) is 4.59. The Kier molecular flexibility index (Phi) is 4.14. The topological polar surface area (TPSA) is 67.1 Å². The summed E-state index contributed by atoms with van der Waals surface area (Å²) in [6, 6.07) is 0. The van der Waals surface area contributed by atoms with E-state index in [1.165, 1.54) is 32.5 Å². The summed E-state index contributed by atoms with van der Waals surface area (Å²) < 4.78 is 0. The highest BCUT2D eigenvalue weighted by Gasteiger charge is 2.17. The third kappa shape index (κ3) is 3.56. The zero-order valence-corrected chi connectivity index (χ0v) is 10.4. The minimum absolute atomic E-state index is 0.468. The van der Waals surface area contributed by atoms with Gasteiger partial charge >= 0.3 is 0 Å². The lowest BCUT2D eigenvalue weighted by molar-refractivity contribution is 0.198. The Morgan fingerprint density at radius 1 is 1.41 bits per heavy atom. The lowest BCUT2D eigenvalue weighted by Gasteiger charge is -2.31. The number of nitrogens with zero attached hydrogens (tertiary/aromatic N) is 3. The number of hydrogen-bond acceptors (Lipinski definition) is 5. The molecule has 94 valence electrons. The van der Waals surface area contributed by atoms with E-state index in [9.17, 15) is 0 Å². The largest absolute Gasteiger partial charge is 0.382 e. The minimum atomic E-state index is 0.468. The van der Waals surface area contributed by atoms with Gasteiger partial charge in [0.2, 0.25) is 0 Å². The molecule has 1 saturated heterocycles. The van der Waals surface area contributed by atoms with Gasteiger partial charge in [0.25, 0.3) is 0 Å². The Bertz CT molecular complexity index is 347. The van der Waals surface area contributed by atoms with Crippen LogP contribution in [0.4, 0.5) is 11.6 Å². The predicted octanol–water partition coefficient (Wildman–Crippen LogP) is 1.20. The van der Waals surface area contributed by atoms with Crippen molar-refractivity contribution in [3.05, 3.63) is 12.4 Å². The maximum absolute atomic E-state index is 5.58. The molecule has 0 spiro atoms. The minimum Gasteiger partial charge on any atom is -0.382 e. The van der Waals surface area contributed by atoms with Gasteiger partial charge < -0.3 is 16.0 Å². The molecule has 3 N–H and O–H groups in total. The molecule has 2 rings (SSSR count). The summed E-state index contributed by atoms with van der Waals surface area (Å²) in [5.41, 5.74) is 5.58. The van der Waals surface area contributed by atoms with Gasteiger partial charge in [-0.3, -0.25) is 4.98 Å². The zero-order valence-electron chi connectivity index (χ0n) is 10.4. The molecule has 0 radical (unpaired) electrons. The highest BCUT2D eigenvalue weighted by molar-refractivity contribution is 5.38. The predicted molar refractivity (Wildman–Crippen MR) is 69.8 cm³/mol. The molecule has 0 aromatic carbocycles. The first-order valence-corrected chi connectivity index (χ1v) is 6.31. The molecule has 0 bridgehead atoms. The molecule has 17 heavy (non-hydrogen) atoms. The second kappa shape index (κ2) is 5.82. The van der Waals surface area contributed by atoms with Crippen LogP contribution in [0.3, 0.4) is 0 Å². The van der Waals surface area contributed by atoms with Crippen molar-refractivity contribution in [3.63, 3.8) is 0 Å². The van der Waals surface area contributed by atoms with Crippen molar-refractivity contribution < 1.29 is 0 Å². The summed E-state index contributed by atoms with van der Waals surface area (Å²) in [6.07, 6.45) is 5.80. The fourth-order valence-corrected chi connectivity index (χ4v) is 2.22. The summed E-state index contributed by atoms with van der Waals surface area (Å²) in [5, 5.41) is 3.32. The standard InChI is InChI=1S/C12H21N5/c1-2-17-5-3-10(4-6-17)7-15-12-9-14-8-11(13)16-12/h8-10H,2-7H2,1H3,(H3,13,15,16). The molecule has 5 heteroatoms. The van der Waals surface area contributed by atoms with Crippen LogP contribution in [0.1, 0.15) is 19.8 Å². The van der Waals surface area contributed by atoms with Crippen molar-refractivity contribution in [3.8, 4) is 0 Å². The van der Waals surface area contributed by atoms with Crippen molar-refractivity contribution in [2.24, 2.45) is 5.92 Å². The molecule has 1 aliphatic rings. The maximum Gasteiger partial charge on any atom is 0.146 e. The van der Waals surface area contributed by atoms with Crippen molar-refractivity contribution in [1.29, 1.82) is 0 Å². The fraction of sp³-hybridized carbons (Fsp3) is 0.667. The van der Waals surface area contributed by atoms with Gasteiger partial charge in [-0.05, 0) is 38.4 Å². The van der Waals surface area contributed by atoms with Gasteiger partial charge in [-0.15, -0.1) is 0 Å². The zero-order chi connectivity index (χ0) is 12.1. The first kappa shape index (κ1) is 12.1. The van der Waals surface area contributed by atoms with E-state index in [0.29, 0.717) is 5.82 Å². The fourth-order valence-electron chi connectivity index (χ4n) is 2.22. The van der Waals surface area contributed by atoms with Gasteiger partial charge in [0, 0.05) is 6.54 Å². The molecular formula is C12H21N5. The van der Waals surface area contributed by atoms with E-state index in [-0.39, 0.29) is 0 Å². The molecule has 0 aliphatic carbocycles. The average molecular weight is 235 g/mol. The number of aromatic nitrogens is 2. The summed E-state index contributed by atoms with van der Waals surface area (Å²) in [4.78, 5) is 10.7. The van der Waals surface area contributed by atoms with Gasteiger partial charge in [-0.2, -0.15) is 0 Å². The van der Waals surface area contributed by atoms with Crippen LogP contribution in [0, 0.1) is 5.92 Å². The molecule has 1 fully saturated rings. The monoisotopic (exact) mass is 235 g/mol. The van der Waals surface area contributed by atoms with E-state index in [1.54, 1.807) is 12.4 Å². The van der Waals surface area contributed by atoms with Crippen molar-refractivity contribution in [1.82, 2.24) is 14.9 Å². The summed E-state index contributed by atoms with van der Waals surface area (Å²) >= 11 is 0. The number of nitrogens with two attached hydrogens (primary N) is 1. The van der Waals surface area contributed by atoms with Gasteiger partial charge in [0.1, 0.15) is 11.6 Å². The molecule has 1 aromatic rings. The lowest BCUT2D eigenvalue weighted by Crippen LogP contribution is -2.35. The molecule has 0 amide bonds. The van der Waals surface area contributed by atoms with Crippen molar-refractivity contribution >= 4 is 11.6 Å². The van der Waals surface area contributed by atoms with E-state index in [1.807, 2.05) is 0 Å². The van der Waals surface area contributed by atoms with Crippen LogP contribution in [-0.4, -0.2) is 41.0 Å². The molecule has 0 saturated carbocycles. The Balaban J connectivity index is 1.76. The quantitative estimate of drug-likeness (QED) is 0.821. The molecular weight excluding hydrogens is 214 g/mol. The molecule has 1 aromatic heterocycles. The second-order valence-corrected chi connectivity index (χ2v) is 4.59. The summed E-state index contributed by atoms with van der Waals surface area (Å²) in [5.74, 6) is 1.99. The van der Waals surface area contributed by atoms with Crippen molar-refractivity contribution in [2.45, 2.75) is 19.8 Å². The smallest absolute Gasteiger partial charge is 0.146 e. The van der Waals surface area contributed by atoms with Gasteiger partial charge in [-0.1, -0.05) is 6.92 Å². The maximum atomic E-state index is 5.58. The van der Waals surface area contributed by atoms with Crippen LogP contribution in [0.25, 0.3) is 0 Å². The normalized spacial score (nSPS) is 18.2. The average Bonchev–Trinajstić information content (AvgIpc) is 2.37. The number of piperidine rings is 1. The van der Waals surface area contributed by atoms with Crippen LogP contribution < -0.4 is 11.1 Å². The van der Waals surface area contributed by atoms with E-state index in [0.717, 1.165) is 18.3 Å². The van der Waals surface area contributed by atoms with E-state index in [2.05, 4.69) is 27.1 Å². The Morgan fingerprint density at radius 2 is 2.18 bits per heavy atom. The third-order valence-electron chi connectivity index (χ3n) is 3.38. The molecule has 0 atom stereocenters. The van der Waals surface area contributed by atoms with E-state index < -0.39 is 0 Å². The summed E-state index contributed by atoms with van der Waals surface area (Å²) in [7, 11) is 0. The lowest BCUT2D eigenvalue weighted by atomic mass is 9.97. The van der Waals surface area contributed by atoms with Crippen LogP contribution in [0.15, 0.2) is 12.4 Å². The van der Waals surface area contributed by atoms with Gasteiger partial charge in [-0.25, -0.2) is 4.98 Å². The third-order valence-corrected chi connectivity index (χ3v) is 3.38. The Labute approximate surface area is 102 Å². The SMILES string of the molecule is CCN1CCC(CNc2cncc(N)n2)CC1. The number of hydrogen-bond donors (Lipinski definition) is 2. The highest BCUT2D eigenvalue weighted by Crippen LogP contribution is 2.17. The first-order valence-electron chi connectivity index (χ1n) is 6.31. The molecule has 5 nitrogen and oxygen atoms in total.